The number of aromatic amines is 2. The summed E-state index contributed by atoms with van der Waals surface area (Å²) in [6.07, 6.45) is 0. The molecule has 0 spiro atoms. The number of tetrazole rings is 1. The number of nitrogens with one attached hydrogen (secondary N) is 3. The van der Waals surface area contributed by atoms with E-state index in [-0.39, 0.29) is 18.0 Å². The second-order valence-electron chi connectivity index (χ2n) is 4.10. The zero-order chi connectivity index (χ0) is 13.9. The van der Waals surface area contributed by atoms with Gasteiger partial charge in [0.05, 0.1) is 12.1 Å². The molecule has 1 aromatic carbocycles. The monoisotopic (exact) mass is 270 g/mol. The second-order valence-corrected chi connectivity index (χ2v) is 4.10. The van der Waals surface area contributed by atoms with Gasteiger partial charge in [-0.1, -0.05) is 23.4 Å². The van der Waals surface area contributed by atoms with Gasteiger partial charge in [0.1, 0.15) is 0 Å². The van der Waals surface area contributed by atoms with Crippen molar-refractivity contribution in [3.63, 3.8) is 0 Å². The number of nitrogens with zero attached hydrogens (tertiary/aromatic N) is 3. The first-order valence-corrected chi connectivity index (χ1v) is 5.86. The number of pyridine rings is 1. The van der Waals surface area contributed by atoms with Gasteiger partial charge in [-0.3, -0.25) is 9.59 Å². The summed E-state index contributed by atoms with van der Waals surface area (Å²) in [7, 11) is 0. The van der Waals surface area contributed by atoms with Crippen LogP contribution in [0.4, 0.5) is 0 Å². The number of para-hydroxylation sites is 1. The summed E-state index contributed by atoms with van der Waals surface area (Å²) >= 11 is 0. The lowest BCUT2D eigenvalue weighted by molar-refractivity contribution is 0.0951. The van der Waals surface area contributed by atoms with Crippen molar-refractivity contribution in [2.24, 2.45) is 0 Å². The molecule has 20 heavy (non-hydrogen) atoms. The van der Waals surface area contributed by atoms with Gasteiger partial charge in [0.15, 0.2) is 5.82 Å². The molecule has 0 bridgehead atoms. The molecule has 0 saturated carbocycles. The number of hydrogen-bond acceptors (Lipinski definition) is 5. The molecule has 3 aromatic rings. The fraction of sp³-hybridized carbons (Fsp3) is 0.0833. The van der Waals surface area contributed by atoms with Crippen LogP contribution in [-0.2, 0) is 6.54 Å². The van der Waals surface area contributed by atoms with Crippen LogP contribution in [0, 0.1) is 0 Å². The molecule has 3 N–H and O–H groups in total. The summed E-state index contributed by atoms with van der Waals surface area (Å²) in [6.45, 7) is 0.135. The lowest BCUT2D eigenvalue weighted by Crippen LogP contribution is -2.25. The van der Waals surface area contributed by atoms with Gasteiger partial charge >= 0.3 is 0 Å². The van der Waals surface area contributed by atoms with E-state index in [1.54, 1.807) is 24.3 Å². The highest BCUT2D eigenvalue weighted by Crippen LogP contribution is 2.14. The van der Waals surface area contributed by atoms with E-state index in [0.29, 0.717) is 22.3 Å². The first-order chi connectivity index (χ1) is 9.74. The van der Waals surface area contributed by atoms with Crippen LogP contribution < -0.4 is 10.9 Å². The van der Waals surface area contributed by atoms with Crippen molar-refractivity contribution in [3.8, 4) is 0 Å². The molecule has 0 radical (unpaired) electrons. The van der Waals surface area contributed by atoms with Crippen LogP contribution in [0.1, 0.15) is 16.2 Å². The van der Waals surface area contributed by atoms with Gasteiger partial charge in [0, 0.05) is 17.0 Å². The first-order valence-electron chi connectivity index (χ1n) is 5.86. The van der Waals surface area contributed by atoms with Crippen molar-refractivity contribution in [3.05, 3.63) is 52.1 Å². The molecule has 0 atom stereocenters. The van der Waals surface area contributed by atoms with Crippen molar-refractivity contribution in [1.29, 1.82) is 0 Å². The average Bonchev–Trinajstić information content (AvgIpc) is 2.97. The smallest absolute Gasteiger partial charge is 0.252 e. The summed E-state index contributed by atoms with van der Waals surface area (Å²) < 4.78 is 0. The number of rotatable bonds is 3. The summed E-state index contributed by atoms with van der Waals surface area (Å²) in [5, 5.41) is 16.5. The van der Waals surface area contributed by atoms with E-state index in [1.165, 1.54) is 6.07 Å². The molecular formula is C12H10N6O2. The molecule has 2 heterocycles. The molecule has 3 rings (SSSR count). The molecule has 8 heteroatoms. The molecular weight excluding hydrogens is 260 g/mol. The minimum Gasteiger partial charge on any atom is -0.345 e. The van der Waals surface area contributed by atoms with Crippen molar-refractivity contribution in [1.82, 2.24) is 30.9 Å². The van der Waals surface area contributed by atoms with E-state index in [0.717, 1.165) is 0 Å². The van der Waals surface area contributed by atoms with Crippen LogP contribution in [0.15, 0.2) is 35.1 Å². The lowest BCUT2D eigenvalue weighted by Gasteiger charge is -2.06. The van der Waals surface area contributed by atoms with Gasteiger partial charge in [-0.05, 0) is 6.07 Å². The SMILES string of the molecule is O=C(NCc1nn[nH]n1)c1cc(=O)[nH]c2ccccc12. The highest BCUT2D eigenvalue weighted by atomic mass is 16.2. The van der Waals surface area contributed by atoms with Gasteiger partial charge in [-0.2, -0.15) is 5.21 Å². The van der Waals surface area contributed by atoms with Gasteiger partial charge in [0.2, 0.25) is 5.56 Å². The molecule has 1 amide bonds. The quantitative estimate of drug-likeness (QED) is 0.618. The average molecular weight is 270 g/mol. The predicted molar refractivity (Wildman–Crippen MR) is 69.9 cm³/mol. The zero-order valence-corrected chi connectivity index (χ0v) is 10.3. The Morgan fingerprint density at radius 2 is 2.15 bits per heavy atom. The van der Waals surface area contributed by atoms with E-state index < -0.39 is 0 Å². The molecule has 0 saturated heterocycles. The molecule has 0 unspecified atom stereocenters. The Bertz CT molecular complexity index is 808. The molecule has 0 aliphatic rings. The van der Waals surface area contributed by atoms with Crippen LogP contribution in [0.5, 0.6) is 0 Å². The van der Waals surface area contributed by atoms with E-state index in [2.05, 4.69) is 30.9 Å². The predicted octanol–water partition coefficient (Wildman–Crippen LogP) is -0.0288. The van der Waals surface area contributed by atoms with Crippen molar-refractivity contribution < 1.29 is 4.79 Å². The number of hydrogen-bond donors (Lipinski definition) is 3. The third kappa shape index (κ3) is 2.26. The third-order valence-electron chi connectivity index (χ3n) is 2.79. The second kappa shape index (κ2) is 4.92. The Morgan fingerprint density at radius 1 is 1.30 bits per heavy atom. The van der Waals surface area contributed by atoms with Gasteiger partial charge in [0.25, 0.3) is 5.91 Å². The summed E-state index contributed by atoms with van der Waals surface area (Å²) in [5.41, 5.74) is 0.603. The minimum atomic E-state index is -0.364. The third-order valence-corrected chi connectivity index (χ3v) is 2.79. The Balaban J connectivity index is 1.93. The topological polar surface area (TPSA) is 116 Å². The van der Waals surface area contributed by atoms with Crippen molar-refractivity contribution in [2.75, 3.05) is 0 Å². The molecule has 100 valence electrons. The molecule has 8 nitrogen and oxygen atoms in total. The minimum absolute atomic E-state index is 0.135. The largest absolute Gasteiger partial charge is 0.345 e. The van der Waals surface area contributed by atoms with E-state index in [9.17, 15) is 9.59 Å². The Labute approximate surface area is 112 Å². The highest BCUT2D eigenvalue weighted by molar-refractivity contribution is 6.05. The van der Waals surface area contributed by atoms with Crippen LogP contribution in [0.3, 0.4) is 0 Å². The van der Waals surface area contributed by atoms with Gasteiger partial charge in [-0.15, -0.1) is 10.2 Å². The number of amides is 1. The Morgan fingerprint density at radius 3 is 2.95 bits per heavy atom. The van der Waals surface area contributed by atoms with Crippen molar-refractivity contribution >= 4 is 16.8 Å². The van der Waals surface area contributed by atoms with E-state index in [4.69, 9.17) is 0 Å². The van der Waals surface area contributed by atoms with Crippen LogP contribution >= 0.6 is 0 Å². The van der Waals surface area contributed by atoms with Crippen LogP contribution in [0.25, 0.3) is 10.9 Å². The van der Waals surface area contributed by atoms with E-state index in [1.807, 2.05) is 0 Å². The molecule has 2 aromatic heterocycles. The molecule has 0 aliphatic heterocycles. The number of H-pyrrole nitrogens is 2. The summed E-state index contributed by atoms with van der Waals surface area (Å²) in [5.74, 6) is 0.00426. The Hall–Kier alpha value is -3.03. The zero-order valence-electron chi connectivity index (χ0n) is 10.3. The van der Waals surface area contributed by atoms with Gasteiger partial charge in [-0.25, -0.2) is 0 Å². The van der Waals surface area contributed by atoms with Crippen molar-refractivity contribution in [2.45, 2.75) is 6.54 Å². The number of fused-ring (bicyclic) bond motifs is 1. The fourth-order valence-electron chi connectivity index (χ4n) is 1.90. The molecule has 0 aliphatic carbocycles. The fourth-order valence-corrected chi connectivity index (χ4v) is 1.90. The first kappa shape index (κ1) is 12.0. The number of benzene rings is 1. The number of carbonyl (C=O) groups excluding carboxylic acids is 1. The normalized spacial score (nSPS) is 10.6. The number of aromatic nitrogens is 5. The van der Waals surface area contributed by atoms with Gasteiger partial charge < -0.3 is 10.3 Å². The maximum absolute atomic E-state index is 12.2. The number of carbonyl (C=O) groups is 1. The summed E-state index contributed by atoms with van der Waals surface area (Å²) in [6, 6.07) is 8.38. The van der Waals surface area contributed by atoms with E-state index >= 15 is 0 Å². The lowest BCUT2D eigenvalue weighted by atomic mass is 10.1. The standard InChI is InChI=1S/C12H10N6O2/c19-11-5-8(7-3-1-2-4-9(7)14-11)12(20)13-6-10-15-17-18-16-10/h1-5H,6H2,(H,13,20)(H,14,19)(H,15,16,17,18). The highest BCUT2D eigenvalue weighted by Gasteiger charge is 2.12. The van der Waals surface area contributed by atoms with Crippen LogP contribution in [-0.4, -0.2) is 31.5 Å². The van der Waals surface area contributed by atoms with Crippen LogP contribution in [0.2, 0.25) is 0 Å². The molecule has 0 fully saturated rings. The Kier molecular flexibility index (Phi) is 2.96. The maximum atomic E-state index is 12.2. The summed E-state index contributed by atoms with van der Waals surface area (Å²) in [4.78, 5) is 26.4. The maximum Gasteiger partial charge on any atom is 0.252 e.